The molecule has 0 unspecified atom stereocenters. The maximum Gasteiger partial charge on any atom is 0.372 e. The van der Waals surface area contributed by atoms with Crippen LogP contribution in [0, 0.1) is 0 Å². The third kappa shape index (κ3) is 8.05. The molecule has 0 amide bonds. The van der Waals surface area contributed by atoms with Crippen molar-refractivity contribution >= 4 is 56.6 Å². The van der Waals surface area contributed by atoms with Crippen LogP contribution in [0.1, 0.15) is 24.8 Å². The zero-order valence-electron chi connectivity index (χ0n) is 21.7. The van der Waals surface area contributed by atoms with Crippen molar-refractivity contribution in [2.45, 2.75) is 19.3 Å². The lowest BCUT2D eigenvalue weighted by Gasteiger charge is -2.36. The quantitative estimate of drug-likeness (QED) is 0.191. The second-order valence-electron chi connectivity index (χ2n) is 9.32. The van der Waals surface area contributed by atoms with E-state index in [0.717, 1.165) is 58.0 Å². The molecule has 1 fully saturated rings. The third-order valence-corrected chi connectivity index (χ3v) is 7.49. The number of ketones is 1. The number of rotatable bonds is 10. The molecule has 10 heteroatoms. The molecule has 1 saturated heterocycles. The number of carboxylic acid groups (broad SMARTS) is 2. The summed E-state index contributed by atoms with van der Waals surface area (Å²) >= 11 is 1.83. The van der Waals surface area contributed by atoms with Crippen LogP contribution in [-0.4, -0.2) is 78.7 Å². The summed E-state index contributed by atoms with van der Waals surface area (Å²) in [6.45, 7) is 7.36. The second-order valence-corrected chi connectivity index (χ2v) is 10.3. The standard InChI is InChI=1S/C25H29N3OS.C4H4O5/c1(2-17-29-21-9-8-20-5-4-11-26-23(20)19-21)12-27-13-15-28(16-14-27)24-6-3-7-25-22(24)10-18-30-25;5-2(4(8)9)1-3(6)7/h3-10,18-19,26H,1-2,11-17H2;1H2,(H,6,7)(H,8,9). The highest BCUT2D eigenvalue weighted by Gasteiger charge is 2.18. The lowest BCUT2D eigenvalue weighted by Crippen LogP contribution is -2.46. The van der Waals surface area contributed by atoms with Gasteiger partial charge < -0.3 is 25.2 Å². The Morgan fingerprint density at radius 3 is 2.56 bits per heavy atom. The Kier molecular flexibility index (Phi) is 9.93. The van der Waals surface area contributed by atoms with E-state index in [1.54, 1.807) is 0 Å². The van der Waals surface area contributed by atoms with Crippen LogP contribution >= 0.6 is 11.3 Å². The van der Waals surface area contributed by atoms with Crippen molar-refractivity contribution in [2.24, 2.45) is 0 Å². The van der Waals surface area contributed by atoms with Gasteiger partial charge in [-0.1, -0.05) is 18.2 Å². The van der Waals surface area contributed by atoms with Crippen LogP contribution in [0.4, 0.5) is 11.4 Å². The molecule has 2 aliphatic heterocycles. The van der Waals surface area contributed by atoms with Crippen LogP contribution < -0.4 is 15.0 Å². The highest BCUT2D eigenvalue weighted by Crippen LogP contribution is 2.31. The van der Waals surface area contributed by atoms with Crippen LogP contribution in [0.3, 0.4) is 0 Å². The fourth-order valence-electron chi connectivity index (χ4n) is 4.59. The molecule has 0 aliphatic carbocycles. The number of hydrogen-bond donors (Lipinski definition) is 3. The van der Waals surface area contributed by atoms with Crippen molar-refractivity contribution < 1.29 is 29.3 Å². The van der Waals surface area contributed by atoms with Crippen molar-refractivity contribution in [2.75, 3.05) is 56.1 Å². The lowest BCUT2D eigenvalue weighted by molar-refractivity contribution is -0.152. The predicted octanol–water partition coefficient (Wildman–Crippen LogP) is 4.44. The Bertz CT molecular complexity index is 1330. The SMILES string of the molecule is C1=Cc2ccc(OCCCCN3CCN(c4cccc5sccc45)CC3)cc2NC1.O=C(O)CC(=O)C(=O)O. The molecule has 0 spiro atoms. The number of nitrogens with zero attached hydrogens (tertiary/aromatic N) is 2. The minimum atomic E-state index is -1.71. The largest absolute Gasteiger partial charge is 0.494 e. The zero-order chi connectivity index (χ0) is 27.6. The summed E-state index contributed by atoms with van der Waals surface area (Å²) in [5.74, 6) is -3.48. The number of Topliss-reactive ketones (excluding diaryl/α,β-unsaturated/α-hetero) is 1. The first kappa shape index (κ1) is 28.1. The molecule has 9 nitrogen and oxygen atoms in total. The molecule has 5 rings (SSSR count). The van der Waals surface area contributed by atoms with E-state index < -0.39 is 24.1 Å². The Morgan fingerprint density at radius 2 is 1.82 bits per heavy atom. The van der Waals surface area contributed by atoms with E-state index in [1.165, 1.54) is 33.4 Å². The maximum absolute atomic E-state index is 9.97. The molecule has 1 aromatic heterocycles. The van der Waals surface area contributed by atoms with Crippen LogP contribution in [0.2, 0.25) is 0 Å². The number of carbonyl (C=O) groups excluding carboxylic acids is 1. The van der Waals surface area contributed by atoms with E-state index >= 15 is 0 Å². The van der Waals surface area contributed by atoms with Crippen molar-refractivity contribution in [1.29, 1.82) is 0 Å². The molecule has 3 heterocycles. The molecule has 39 heavy (non-hydrogen) atoms. The van der Waals surface area contributed by atoms with Crippen molar-refractivity contribution in [1.82, 2.24) is 4.90 Å². The smallest absolute Gasteiger partial charge is 0.372 e. The highest BCUT2D eigenvalue weighted by atomic mass is 32.1. The van der Waals surface area contributed by atoms with E-state index in [1.807, 2.05) is 11.3 Å². The van der Waals surface area contributed by atoms with Gasteiger partial charge >= 0.3 is 11.9 Å². The van der Waals surface area contributed by atoms with Gasteiger partial charge in [0.05, 0.1) is 6.61 Å². The van der Waals surface area contributed by atoms with Gasteiger partial charge in [0, 0.05) is 60.3 Å². The first-order valence-corrected chi connectivity index (χ1v) is 13.9. The monoisotopic (exact) mass is 551 g/mol. The van der Waals surface area contributed by atoms with Crippen LogP contribution in [-0.2, 0) is 14.4 Å². The Morgan fingerprint density at radius 1 is 1.00 bits per heavy atom. The van der Waals surface area contributed by atoms with E-state index in [-0.39, 0.29) is 0 Å². The summed E-state index contributed by atoms with van der Waals surface area (Å²) in [5.41, 5.74) is 3.81. The molecule has 0 radical (unpaired) electrons. The number of carbonyl (C=O) groups is 3. The van der Waals surface area contributed by atoms with E-state index in [9.17, 15) is 14.4 Å². The van der Waals surface area contributed by atoms with E-state index in [4.69, 9.17) is 14.9 Å². The highest BCUT2D eigenvalue weighted by molar-refractivity contribution is 7.17. The fraction of sp³-hybridized carbons (Fsp3) is 0.345. The number of carboxylic acids is 2. The van der Waals surface area contributed by atoms with E-state index in [0.29, 0.717) is 0 Å². The summed E-state index contributed by atoms with van der Waals surface area (Å²) in [6, 6.07) is 15.3. The van der Waals surface area contributed by atoms with Crippen LogP contribution in [0.25, 0.3) is 16.2 Å². The van der Waals surface area contributed by atoms with Gasteiger partial charge in [-0.25, -0.2) is 4.79 Å². The second kappa shape index (κ2) is 13.8. The normalized spacial score (nSPS) is 14.6. The molecule has 206 valence electrons. The minimum absolute atomic E-state index is 0.786. The summed E-state index contributed by atoms with van der Waals surface area (Å²) < 4.78 is 7.37. The first-order chi connectivity index (χ1) is 18.9. The average molecular weight is 552 g/mol. The third-order valence-electron chi connectivity index (χ3n) is 6.61. The van der Waals surface area contributed by atoms with Crippen molar-refractivity contribution in [3.8, 4) is 5.75 Å². The molecule has 2 aromatic carbocycles. The van der Waals surface area contributed by atoms with Gasteiger partial charge in [-0.15, -0.1) is 11.3 Å². The summed E-state index contributed by atoms with van der Waals surface area (Å²) in [7, 11) is 0. The molecule has 0 atom stereocenters. The number of piperazine rings is 1. The number of benzene rings is 2. The predicted molar refractivity (Wildman–Crippen MR) is 154 cm³/mol. The topological polar surface area (TPSA) is 119 Å². The van der Waals surface area contributed by atoms with Crippen molar-refractivity contribution in [3.63, 3.8) is 0 Å². The minimum Gasteiger partial charge on any atom is -0.494 e. The summed E-state index contributed by atoms with van der Waals surface area (Å²) in [5, 5.41) is 22.7. The zero-order valence-corrected chi connectivity index (χ0v) is 22.5. The molecular weight excluding hydrogens is 518 g/mol. The number of unbranched alkanes of at least 4 members (excludes halogenated alkanes) is 1. The number of nitrogens with one attached hydrogen (secondary N) is 1. The first-order valence-electron chi connectivity index (χ1n) is 13.0. The molecule has 0 bridgehead atoms. The van der Waals surface area contributed by atoms with Gasteiger partial charge in [-0.2, -0.15) is 0 Å². The summed E-state index contributed by atoms with van der Waals surface area (Å²) in [6.07, 6.45) is 5.64. The number of anilines is 2. The molecular formula is C29H33N3O6S. The maximum atomic E-state index is 9.97. The van der Waals surface area contributed by atoms with Crippen LogP contribution in [0.15, 0.2) is 53.9 Å². The number of fused-ring (bicyclic) bond motifs is 2. The van der Waals surface area contributed by atoms with E-state index in [2.05, 4.69) is 75.1 Å². The van der Waals surface area contributed by atoms with Gasteiger partial charge in [0.1, 0.15) is 12.2 Å². The Labute approximate surface area is 231 Å². The lowest BCUT2D eigenvalue weighted by atomic mass is 10.1. The number of ether oxygens (including phenoxy) is 1. The van der Waals surface area contributed by atoms with Gasteiger partial charge in [0.2, 0.25) is 0 Å². The number of thiophene rings is 1. The molecule has 2 aliphatic rings. The van der Waals surface area contributed by atoms with Crippen LogP contribution in [0.5, 0.6) is 5.75 Å². The number of hydrogen-bond acceptors (Lipinski definition) is 8. The fourth-order valence-corrected chi connectivity index (χ4v) is 5.39. The van der Waals surface area contributed by atoms with Gasteiger partial charge in [0.25, 0.3) is 5.78 Å². The number of aliphatic carboxylic acids is 2. The Balaban J connectivity index is 0.000000340. The van der Waals surface area contributed by atoms with Gasteiger partial charge in [-0.05, 0) is 60.7 Å². The molecule has 3 N–H and O–H groups in total. The average Bonchev–Trinajstić information content (AvgIpc) is 3.42. The van der Waals surface area contributed by atoms with Crippen molar-refractivity contribution in [3.05, 3.63) is 59.5 Å². The van der Waals surface area contributed by atoms with Gasteiger partial charge in [0.15, 0.2) is 0 Å². The van der Waals surface area contributed by atoms with Gasteiger partial charge in [-0.3, -0.25) is 14.5 Å². The molecule has 0 saturated carbocycles. The summed E-state index contributed by atoms with van der Waals surface area (Å²) in [4.78, 5) is 34.4. The molecule has 3 aromatic rings. The Hall–Kier alpha value is -3.89.